The Kier molecular flexibility index (Phi) is 32.3. The van der Waals surface area contributed by atoms with Crippen molar-refractivity contribution in [1.29, 1.82) is 0 Å². The van der Waals surface area contributed by atoms with E-state index in [-0.39, 0.29) is 71.8 Å². The third kappa shape index (κ3) is 24.0. The zero-order valence-corrected chi connectivity index (χ0v) is 75.2. The molecular weight excluding hydrogens is 1860 g/mol. The van der Waals surface area contributed by atoms with Crippen LogP contribution in [0.4, 0.5) is 5.95 Å². The van der Waals surface area contributed by atoms with Gasteiger partial charge in [-0.1, -0.05) is 0 Å². The topological polar surface area (TPSA) is 635 Å². The van der Waals surface area contributed by atoms with Crippen LogP contribution >= 0.6 is 40.3 Å². The fourth-order valence-electron chi connectivity index (χ4n) is 13.4. The van der Waals surface area contributed by atoms with Gasteiger partial charge in [-0.2, -0.15) is 4.98 Å². The van der Waals surface area contributed by atoms with Gasteiger partial charge in [0, 0.05) is 94.2 Å². The molecule has 5 aliphatic heterocycles. The van der Waals surface area contributed by atoms with Gasteiger partial charge in [0.1, 0.15) is 73.5 Å². The van der Waals surface area contributed by atoms with E-state index in [0.717, 1.165) is 37.8 Å². The van der Waals surface area contributed by atoms with Gasteiger partial charge in [0.15, 0.2) is 29.8 Å². The molecule has 0 radical (unpaired) electrons. The van der Waals surface area contributed by atoms with E-state index in [4.69, 9.17) is 169 Å². The Labute approximate surface area is 712 Å². The van der Waals surface area contributed by atoms with Crippen molar-refractivity contribution in [1.82, 2.24) is 57.7 Å². The number of H-pyrrole nitrogens is 5. The monoisotopic (exact) mass is 1940 g/mol. The van der Waals surface area contributed by atoms with Crippen molar-refractivity contribution in [2.75, 3.05) is 73.3 Å². The van der Waals surface area contributed by atoms with Crippen molar-refractivity contribution in [2.45, 2.75) is 184 Å². The summed E-state index contributed by atoms with van der Waals surface area (Å²) in [5.41, 5.74) is -1.72. The molecule has 0 saturated carbocycles. The normalized spacial score (nSPS) is 29.4. The molecule has 0 amide bonds. The number of hydrogen-bond acceptors (Lipinski definition) is 39. The molecule has 5 saturated heterocycles. The summed E-state index contributed by atoms with van der Waals surface area (Å²) in [6.07, 6.45) is -21.9. The maximum absolute atomic E-state index is 13.6. The molecule has 11 rings (SSSR count). The summed E-state index contributed by atoms with van der Waals surface area (Å²) >= 11 is 32.8. The fourth-order valence-corrected chi connectivity index (χ4v) is 22.4. The number of aliphatic hydroxyl groups excluding tert-OH is 1. The summed E-state index contributed by atoms with van der Waals surface area (Å²) in [5, 5.41) is 9.39. The Morgan fingerprint density at radius 1 is 0.455 bits per heavy atom. The van der Waals surface area contributed by atoms with Crippen LogP contribution in [0.3, 0.4) is 0 Å². The lowest BCUT2D eigenvalue weighted by molar-refractivity contribution is -0.0637. The highest BCUT2D eigenvalue weighted by Gasteiger charge is 2.55. The van der Waals surface area contributed by atoms with Gasteiger partial charge in [0.25, 0.3) is 27.8 Å². The maximum atomic E-state index is 13.6. The van der Waals surface area contributed by atoms with Gasteiger partial charge in [-0.05, 0) is 119 Å². The predicted molar refractivity (Wildman–Crippen MR) is 440 cm³/mol. The molecule has 6 aromatic rings. The van der Waals surface area contributed by atoms with E-state index in [2.05, 4.69) is 34.9 Å². The van der Waals surface area contributed by atoms with Crippen LogP contribution in [-0.2, 0) is 163 Å². The zero-order valence-electron chi connectivity index (χ0n) is 64.9. The number of methoxy groups -OCH3 is 3. The molecular formula is C60H87N13O36P6S6. The number of aromatic nitrogens is 12. The largest absolute Gasteiger partial charge is 0.396 e. The fraction of sp³-hybridized carbons (Fsp3) is 0.650. The first kappa shape index (κ1) is 97.3. The van der Waals surface area contributed by atoms with Crippen LogP contribution in [0.15, 0.2) is 74.3 Å². The first-order chi connectivity index (χ1) is 56.7. The molecule has 11 heterocycles. The van der Waals surface area contributed by atoms with Crippen LogP contribution in [-0.4, -0.2) is 245 Å². The number of nitrogens with two attached hydrogens (primary N) is 1. The average molecular weight is 1940 g/mol. The third-order valence-corrected chi connectivity index (χ3v) is 28.6. The number of nitrogens with zero attached hydrogens (tertiary/aromatic N) is 7. The van der Waals surface area contributed by atoms with Crippen molar-refractivity contribution in [2.24, 2.45) is 0 Å². The number of ether oxygens (including phenoxy) is 8. The number of nitrogens with one attached hydrogen (secondary N) is 5. The highest BCUT2D eigenvalue weighted by atomic mass is 32.5. The summed E-state index contributed by atoms with van der Waals surface area (Å²) < 4.78 is 125. The molecule has 674 valence electrons. The van der Waals surface area contributed by atoms with Crippen molar-refractivity contribution >= 4 is 128 Å². The standard InChI is InChI=1S/C60H87N13O36P6S6/c1-26(2)104-112(86,118)95-21-35-33(16-39(100-35)73-25-62-40-47(73)63-56(61)64-52(40)79)106-113(87,119)96-22-34-32(15-38(99-34)69-17-27(3)48(75)65-57(69)80)105-114(88,120)97-23-36-43(46(92-9)55(102-36)72-20-30(6)51(78)68-60(72)83)109-111(85,117)94-14-11-31-41(44(90-7)53(101-31)70-18-28(4)49(76)66-58(70)81)107-115(89,121)98-24-37-42(108-110(84,116)93-13-10-12-74)45(91-8)54(103-37)71-19-29(5)50(77)67-59(71)82/h17-20,25-26,31-39,41-46,53-55,74H,10-16,21-24H2,1-9H3,(H,84,116)(H,85,117)(H,86,118)(H,87,119)(H,88,120)(H,89,121)(H,65,75,80)(H,66,76,81)(H,67,77,82)(H,68,78,83)(H3,61,63,64,79)/t31-,32?,33?,34-,35-,36-,37-,38-,39-,41?,42?,43?,44+,45+,46+,53-,54-,55-,110?,111?,112?,113?,114?,115?/m1/s1. The van der Waals surface area contributed by atoms with Crippen molar-refractivity contribution in [3.63, 3.8) is 0 Å². The minimum Gasteiger partial charge on any atom is -0.396 e. The molecule has 0 aromatic carbocycles. The minimum atomic E-state index is -4.76. The smallest absolute Gasteiger partial charge is 0.330 e. The quantitative estimate of drug-likeness (QED) is 0.0162. The number of nitrogen functional groups attached to an aromatic ring is 1. The molecule has 5 aliphatic rings. The number of fused-ring (bicyclic) bond motifs is 1. The Bertz CT molecular complexity index is 5660. The van der Waals surface area contributed by atoms with Crippen LogP contribution in [0.2, 0.25) is 0 Å². The molecule has 121 heavy (non-hydrogen) atoms. The van der Waals surface area contributed by atoms with E-state index in [1.54, 1.807) is 13.8 Å². The van der Waals surface area contributed by atoms with E-state index >= 15 is 0 Å². The second kappa shape index (κ2) is 40.1. The number of imidazole rings is 1. The number of aliphatic hydroxyl groups is 1. The molecule has 0 aliphatic carbocycles. The van der Waals surface area contributed by atoms with Crippen LogP contribution in [0, 0.1) is 27.7 Å². The van der Waals surface area contributed by atoms with Gasteiger partial charge in [0.2, 0.25) is 5.95 Å². The van der Waals surface area contributed by atoms with Crippen LogP contribution in [0.5, 0.6) is 0 Å². The average Bonchev–Trinajstić information content (AvgIpc) is 1.64. The summed E-state index contributed by atoms with van der Waals surface area (Å²) in [6.45, 7) is -22.5. The van der Waals surface area contributed by atoms with Crippen molar-refractivity contribution in [3.8, 4) is 0 Å². The number of aromatic amines is 5. The molecule has 5 fully saturated rings. The van der Waals surface area contributed by atoms with Crippen molar-refractivity contribution < 1.29 is 127 Å². The summed E-state index contributed by atoms with van der Waals surface area (Å²) in [5.74, 6) is -0.255. The highest BCUT2D eigenvalue weighted by Crippen LogP contribution is 2.57. The first-order valence-electron chi connectivity index (χ1n) is 36.1. The van der Waals surface area contributed by atoms with Gasteiger partial charge in [-0.15, -0.1) is 0 Å². The van der Waals surface area contributed by atoms with E-state index < -0.39 is 247 Å². The first-order valence-corrected chi connectivity index (χ1v) is 51.7. The molecule has 14 N–H and O–H groups in total. The van der Waals surface area contributed by atoms with E-state index in [0.29, 0.717) is 0 Å². The van der Waals surface area contributed by atoms with E-state index in [9.17, 15) is 77.6 Å². The lowest BCUT2D eigenvalue weighted by atomic mass is 10.1. The number of aryl methyl sites for hydroxylation is 4. The molecule has 6 aromatic heterocycles. The van der Waals surface area contributed by atoms with Gasteiger partial charge in [0.05, 0.1) is 70.4 Å². The molecule has 24 atom stereocenters. The van der Waals surface area contributed by atoms with Crippen molar-refractivity contribution in [3.05, 3.63) is 147 Å². The minimum absolute atomic E-state index is 0.00176. The van der Waals surface area contributed by atoms with Crippen LogP contribution in [0.25, 0.3) is 11.2 Å². The lowest BCUT2D eigenvalue weighted by Gasteiger charge is -2.30. The Morgan fingerprint density at radius 3 is 1.21 bits per heavy atom. The summed E-state index contributed by atoms with van der Waals surface area (Å²) in [6, 6.07) is 0. The summed E-state index contributed by atoms with van der Waals surface area (Å²) in [4.78, 5) is 207. The Hall–Kier alpha value is -4.31. The van der Waals surface area contributed by atoms with Crippen LogP contribution in [0.1, 0.15) is 92.9 Å². The molecule has 49 nitrogen and oxygen atoms in total. The summed E-state index contributed by atoms with van der Waals surface area (Å²) in [7, 11) is 3.53. The predicted octanol–water partition coefficient (Wildman–Crippen LogP) is -1.03. The lowest BCUT2D eigenvalue weighted by Crippen LogP contribution is -2.41. The van der Waals surface area contributed by atoms with Gasteiger partial charge >= 0.3 is 63.1 Å². The van der Waals surface area contributed by atoms with Gasteiger partial charge < -0.3 is 119 Å². The highest BCUT2D eigenvalue weighted by molar-refractivity contribution is 8.08. The molecule has 61 heteroatoms. The van der Waals surface area contributed by atoms with Crippen LogP contribution < -0.4 is 56.3 Å². The van der Waals surface area contributed by atoms with E-state index in [1.807, 2.05) is 0 Å². The number of anilines is 1. The van der Waals surface area contributed by atoms with Gasteiger partial charge in [-0.25, -0.2) is 24.2 Å². The Morgan fingerprint density at radius 2 is 0.802 bits per heavy atom. The van der Waals surface area contributed by atoms with E-state index in [1.165, 1.54) is 65.2 Å². The molecule has 0 bridgehead atoms. The zero-order chi connectivity index (χ0) is 88.5. The second-order valence-corrected chi connectivity index (χ2v) is 44.6. The number of rotatable bonds is 40. The second-order valence-electron chi connectivity index (χ2n) is 27.9. The number of hydrogen-bond donors (Lipinski definition) is 13. The Balaban J connectivity index is 0.819. The SMILES string of the molecule is CO[C@H]1C(OP(O)(=S)OC[C@H]2O[C@@H](n3cc(C)c(=O)[nH]c3=O)[C@@H](OC)C2OP(O)(=S)OCCCO)[C@@H](CCOP(O)(=S)OC2[C@@H](COP(O)(=S)OC3C[C@H](n4cc(C)c(=O)[nH]c4=O)O[C@@H]3COP(O)(=S)OC3C[C@H](n4cnc5c(=O)[nH]c(N)nc54)O[C@@H]3COP(O)(=S)OC(C)C)O[C@@H](n3cc(C)c(=O)[nH]c3=O)[C@H]2OC)O[C@H]1n1cc(C)c(=O)[nH]c1=O. The van der Waals surface area contributed by atoms with Gasteiger partial charge in [-0.3, -0.25) is 85.3 Å². The maximum Gasteiger partial charge on any atom is 0.330 e. The molecule has 11 unspecified atom stereocenters. The molecule has 0 spiro atoms. The third-order valence-electron chi connectivity index (χ3n) is 19.0.